The molecule has 3 aromatic heterocycles. The third-order valence-corrected chi connectivity index (χ3v) is 11.7. The highest BCUT2D eigenvalue weighted by Crippen LogP contribution is 2.40. The molecule has 0 N–H and O–H groups in total. The maximum absolute atomic E-state index is 6.18. The normalized spacial score (nSPS) is 11.9. The molecule has 3 heterocycles. The summed E-state index contributed by atoms with van der Waals surface area (Å²) in [7, 11) is 0. The molecule has 0 fully saturated rings. The van der Waals surface area contributed by atoms with E-state index in [0.717, 1.165) is 33.3 Å². The van der Waals surface area contributed by atoms with Crippen molar-refractivity contribution < 1.29 is 4.42 Å². The van der Waals surface area contributed by atoms with Gasteiger partial charge in [-0.15, -0.1) is 0 Å². The van der Waals surface area contributed by atoms with Crippen LogP contribution < -0.4 is 0 Å². The summed E-state index contributed by atoms with van der Waals surface area (Å²) in [5, 5.41) is 7.19. The van der Waals surface area contributed by atoms with Gasteiger partial charge in [0.25, 0.3) is 0 Å². The Kier molecular flexibility index (Phi) is 6.93. The monoisotopic (exact) mass is 726 g/mol. The number of rotatable bonds is 5. The SMILES string of the molecule is c1ccc(-c2ccc(-n3c4ccc(-c5ccc6c(c5)c5ccccc5n6-c5ccc6oc7ccccc7c6c5)cc4c4ccc(-c5ccccc5)cc43)cc2)cc1. The van der Waals surface area contributed by atoms with E-state index in [1.807, 2.05) is 12.1 Å². The molecule has 57 heavy (non-hydrogen) atoms. The molecule has 3 heteroatoms. The van der Waals surface area contributed by atoms with Crippen molar-refractivity contribution in [3.63, 3.8) is 0 Å². The zero-order valence-corrected chi connectivity index (χ0v) is 30.9. The van der Waals surface area contributed by atoms with Gasteiger partial charge >= 0.3 is 0 Å². The molecule has 0 spiro atoms. The number of benzene rings is 9. The van der Waals surface area contributed by atoms with Crippen LogP contribution in [0.15, 0.2) is 211 Å². The predicted molar refractivity (Wildman–Crippen MR) is 239 cm³/mol. The molecule has 0 saturated heterocycles. The fourth-order valence-electron chi connectivity index (χ4n) is 9.01. The van der Waals surface area contributed by atoms with Gasteiger partial charge in [-0.25, -0.2) is 0 Å². The van der Waals surface area contributed by atoms with Gasteiger partial charge in [0.2, 0.25) is 0 Å². The Morgan fingerprint density at radius 3 is 1.44 bits per heavy atom. The fraction of sp³-hybridized carbons (Fsp3) is 0. The van der Waals surface area contributed by atoms with Crippen LogP contribution in [0.5, 0.6) is 0 Å². The van der Waals surface area contributed by atoms with Gasteiger partial charge < -0.3 is 13.6 Å². The minimum absolute atomic E-state index is 0.903. The fourth-order valence-corrected chi connectivity index (χ4v) is 9.01. The largest absolute Gasteiger partial charge is 0.456 e. The summed E-state index contributed by atoms with van der Waals surface area (Å²) >= 11 is 0. The van der Waals surface area contributed by atoms with Crippen LogP contribution in [0.3, 0.4) is 0 Å². The topological polar surface area (TPSA) is 23.0 Å². The maximum Gasteiger partial charge on any atom is 0.135 e. The first kappa shape index (κ1) is 31.7. The van der Waals surface area contributed by atoms with E-state index in [9.17, 15) is 0 Å². The minimum Gasteiger partial charge on any atom is -0.456 e. The van der Waals surface area contributed by atoms with E-state index < -0.39 is 0 Å². The quantitative estimate of drug-likeness (QED) is 0.173. The summed E-state index contributed by atoms with van der Waals surface area (Å²) in [6, 6.07) is 74.6. The number of furan rings is 1. The van der Waals surface area contributed by atoms with Gasteiger partial charge in [0, 0.05) is 43.7 Å². The lowest BCUT2D eigenvalue weighted by molar-refractivity contribution is 0.669. The highest BCUT2D eigenvalue weighted by molar-refractivity contribution is 6.14. The van der Waals surface area contributed by atoms with E-state index >= 15 is 0 Å². The molecule has 0 aliphatic rings. The molecule has 12 aromatic rings. The van der Waals surface area contributed by atoms with Crippen molar-refractivity contribution in [3.8, 4) is 44.8 Å². The van der Waals surface area contributed by atoms with Gasteiger partial charge in [0.15, 0.2) is 0 Å². The van der Waals surface area contributed by atoms with Crippen molar-refractivity contribution in [2.75, 3.05) is 0 Å². The lowest BCUT2D eigenvalue weighted by Gasteiger charge is -2.11. The average Bonchev–Trinajstić information content (AvgIpc) is 3.93. The smallest absolute Gasteiger partial charge is 0.135 e. The molecule has 0 unspecified atom stereocenters. The minimum atomic E-state index is 0.903. The number of fused-ring (bicyclic) bond motifs is 9. The molecular formula is C54H34N2O. The summed E-state index contributed by atoms with van der Waals surface area (Å²) in [6.07, 6.45) is 0. The first-order valence-electron chi connectivity index (χ1n) is 19.5. The van der Waals surface area contributed by atoms with Crippen LogP contribution in [0.2, 0.25) is 0 Å². The highest BCUT2D eigenvalue weighted by atomic mass is 16.3. The first-order valence-corrected chi connectivity index (χ1v) is 19.5. The van der Waals surface area contributed by atoms with Crippen molar-refractivity contribution in [2.45, 2.75) is 0 Å². The molecule has 0 saturated carbocycles. The Labute approximate surface area is 328 Å². The van der Waals surface area contributed by atoms with Gasteiger partial charge in [-0.05, 0) is 106 Å². The molecule has 0 bridgehead atoms. The van der Waals surface area contributed by atoms with Crippen molar-refractivity contribution >= 4 is 65.6 Å². The van der Waals surface area contributed by atoms with E-state index in [1.165, 1.54) is 77.0 Å². The second-order valence-electron chi connectivity index (χ2n) is 14.9. The molecule has 3 nitrogen and oxygen atoms in total. The highest BCUT2D eigenvalue weighted by Gasteiger charge is 2.18. The zero-order chi connectivity index (χ0) is 37.5. The molecule has 0 aliphatic heterocycles. The Morgan fingerprint density at radius 1 is 0.246 bits per heavy atom. The molecular weight excluding hydrogens is 693 g/mol. The van der Waals surface area contributed by atoms with Gasteiger partial charge in [-0.2, -0.15) is 0 Å². The van der Waals surface area contributed by atoms with Crippen LogP contribution in [0.4, 0.5) is 0 Å². The van der Waals surface area contributed by atoms with Crippen molar-refractivity contribution in [3.05, 3.63) is 206 Å². The number of hydrogen-bond donors (Lipinski definition) is 0. The average molecular weight is 727 g/mol. The molecule has 0 radical (unpaired) electrons. The van der Waals surface area contributed by atoms with Crippen LogP contribution >= 0.6 is 0 Å². The number of aromatic nitrogens is 2. The molecule has 12 rings (SSSR count). The van der Waals surface area contributed by atoms with E-state index in [4.69, 9.17) is 4.42 Å². The molecule has 9 aromatic carbocycles. The predicted octanol–water partition coefficient (Wildman–Crippen LogP) is 14.8. The van der Waals surface area contributed by atoms with Gasteiger partial charge in [0.1, 0.15) is 11.2 Å². The molecule has 266 valence electrons. The second-order valence-corrected chi connectivity index (χ2v) is 14.9. The Morgan fingerprint density at radius 2 is 0.719 bits per heavy atom. The van der Waals surface area contributed by atoms with Crippen LogP contribution in [-0.2, 0) is 0 Å². The lowest BCUT2D eigenvalue weighted by atomic mass is 9.99. The van der Waals surface area contributed by atoms with Crippen LogP contribution in [0.25, 0.3) is 110 Å². The Hall–Kier alpha value is -7.62. The number of nitrogens with zero attached hydrogens (tertiary/aromatic N) is 2. The summed E-state index contributed by atoms with van der Waals surface area (Å²) in [5.74, 6) is 0. The van der Waals surface area contributed by atoms with Gasteiger partial charge in [-0.1, -0.05) is 133 Å². The van der Waals surface area contributed by atoms with Crippen LogP contribution in [0.1, 0.15) is 0 Å². The number of hydrogen-bond acceptors (Lipinski definition) is 1. The summed E-state index contributed by atoms with van der Waals surface area (Å²) < 4.78 is 11.0. The van der Waals surface area contributed by atoms with E-state index in [1.54, 1.807) is 0 Å². The zero-order valence-electron chi connectivity index (χ0n) is 30.9. The van der Waals surface area contributed by atoms with E-state index in [0.29, 0.717) is 0 Å². The Balaban J connectivity index is 1.02. The number of para-hydroxylation sites is 2. The first-order chi connectivity index (χ1) is 28.2. The van der Waals surface area contributed by atoms with Crippen LogP contribution in [0, 0.1) is 0 Å². The standard InChI is InChI=1S/C54H34N2O/c1-3-11-35(12-4-1)37-19-24-41(25-20-37)55-50-28-22-39(32-47(50)44-27-21-40(33-52(44)55)36-13-5-2-6-14-36)38-23-29-51-46(31-38)43-15-7-9-17-49(43)56(51)42-26-30-54-48(34-42)45-16-8-10-18-53(45)57-54/h1-34H. The lowest BCUT2D eigenvalue weighted by Crippen LogP contribution is -1.94. The Bertz CT molecular complexity index is 3490. The third kappa shape index (κ3) is 4.99. The van der Waals surface area contributed by atoms with Crippen molar-refractivity contribution in [2.24, 2.45) is 0 Å². The maximum atomic E-state index is 6.18. The third-order valence-electron chi connectivity index (χ3n) is 11.7. The van der Waals surface area contributed by atoms with Crippen molar-refractivity contribution in [1.82, 2.24) is 9.13 Å². The summed E-state index contributed by atoms with van der Waals surface area (Å²) in [4.78, 5) is 0. The van der Waals surface area contributed by atoms with E-state index in [-0.39, 0.29) is 0 Å². The molecule has 0 aliphatic carbocycles. The summed E-state index contributed by atoms with van der Waals surface area (Å²) in [6.45, 7) is 0. The molecule has 0 atom stereocenters. The van der Waals surface area contributed by atoms with Crippen molar-refractivity contribution in [1.29, 1.82) is 0 Å². The molecule has 0 amide bonds. The summed E-state index contributed by atoms with van der Waals surface area (Å²) in [5.41, 5.74) is 16.0. The van der Waals surface area contributed by atoms with Crippen LogP contribution in [-0.4, -0.2) is 9.13 Å². The van der Waals surface area contributed by atoms with Gasteiger partial charge in [-0.3, -0.25) is 0 Å². The second kappa shape index (κ2) is 12.5. The van der Waals surface area contributed by atoms with Gasteiger partial charge in [0.05, 0.1) is 22.1 Å². The van der Waals surface area contributed by atoms with E-state index in [2.05, 4.69) is 203 Å².